The summed E-state index contributed by atoms with van der Waals surface area (Å²) in [5.74, 6) is 0. The second kappa shape index (κ2) is 6.84. The fourth-order valence-electron chi connectivity index (χ4n) is 3.78. The smallest absolute Gasteiger partial charge is 0.208 e. The summed E-state index contributed by atoms with van der Waals surface area (Å²) in [7, 11) is 0. The standard InChI is InChI=1S/C16H22N4OS2/c1-3-14(22-8-1)9-19-5-2-4-16(10-19)11-20(6-7-21-12-16)15-18-17-13-23-15/h1,3,8,13H,2,4-7,9-12H2/t16-/m1/s1. The van der Waals surface area contributed by atoms with Crippen LogP contribution in [-0.2, 0) is 11.3 Å². The Kier molecular flexibility index (Phi) is 4.61. The van der Waals surface area contributed by atoms with Crippen molar-refractivity contribution in [2.24, 2.45) is 5.41 Å². The van der Waals surface area contributed by atoms with Crippen LogP contribution < -0.4 is 4.90 Å². The zero-order valence-electron chi connectivity index (χ0n) is 13.2. The van der Waals surface area contributed by atoms with Crippen molar-refractivity contribution < 1.29 is 4.74 Å². The number of nitrogens with zero attached hydrogens (tertiary/aromatic N) is 4. The molecular formula is C16H22N4OS2. The lowest BCUT2D eigenvalue weighted by Crippen LogP contribution is -2.50. The molecule has 2 aliphatic rings. The largest absolute Gasteiger partial charge is 0.379 e. The van der Waals surface area contributed by atoms with Gasteiger partial charge in [-0.2, -0.15) is 0 Å². The van der Waals surface area contributed by atoms with E-state index in [4.69, 9.17) is 4.74 Å². The van der Waals surface area contributed by atoms with Crippen molar-refractivity contribution in [3.63, 3.8) is 0 Å². The molecule has 0 saturated carbocycles. The number of likely N-dealkylation sites (tertiary alicyclic amines) is 1. The van der Waals surface area contributed by atoms with Crippen LogP contribution in [0.5, 0.6) is 0 Å². The Morgan fingerprint density at radius 2 is 2.26 bits per heavy atom. The van der Waals surface area contributed by atoms with E-state index >= 15 is 0 Å². The predicted molar refractivity (Wildman–Crippen MR) is 94.2 cm³/mol. The average molecular weight is 351 g/mol. The number of thiophene rings is 1. The molecule has 0 N–H and O–H groups in total. The Bertz CT molecular complexity index is 604. The third-order valence-electron chi connectivity index (χ3n) is 4.76. The van der Waals surface area contributed by atoms with Gasteiger partial charge in [0.15, 0.2) is 0 Å². The molecule has 5 nitrogen and oxygen atoms in total. The minimum absolute atomic E-state index is 0.220. The Hall–Kier alpha value is -1.02. The highest BCUT2D eigenvalue weighted by atomic mass is 32.1. The summed E-state index contributed by atoms with van der Waals surface area (Å²) in [5.41, 5.74) is 2.04. The van der Waals surface area contributed by atoms with E-state index < -0.39 is 0 Å². The first-order valence-electron chi connectivity index (χ1n) is 8.17. The highest BCUT2D eigenvalue weighted by molar-refractivity contribution is 7.13. The van der Waals surface area contributed by atoms with Gasteiger partial charge in [0, 0.05) is 36.5 Å². The van der Waals surface area contributed by atoms with Gasteiger partial charge in [0.1, 0.15) is 5.51 Å². The second-order valence-electron chi connectivity index (χ2n) is 6.59. The van der Waals surface area contributed by atoms with Crippen molar-refractivity contribution in [3.8, 4) is 0 Å². The first kappa shape index (κ1) is 15.5. The summed E-state index contributed by atoms with van der Waals surface area (Å²) in [5, 5.41) is 11.5. The molecule has 0 radical (unpaired) electrons. The van der Waals surface area contributed by atoms with Crippen molar-refractivity contribution in [2.75, 3.05) is 44.3 Å². The van der Waals surface area contributed by atoms with Crippen LogP contribution in [0.25, 0.3) is 0 Å². The fraction of sp³-hybridized carbons (Fsp3) is 0.625. The van der Waals surface area contributed by atoms with Gasteiger partial charge in [-0.3, -0.25) is 4.90 Å². The summed E-state index contributed by atoms with van der Waals surface area (Å²) < 4.78 is 5.99. The van der Waals surface area contributed by atoms with Gasteiger partial charge in [0.2, 0.25) is 5.13 Å². The molecular weight excluding hydrogens is 328 g/mol. The van der Waals surface area contributed by atoms with Crippen molar-refractivity contribution in [1.82, 2.24) is 15.1 Å². The minimum atomic E-state index is 0.220. The number of hydrogen-bond donors (Lipinski definition) is 0. The van der Waals surface area contributed by atoms with Crippen LogP contribution in [0.15, 0.2) is 23.0 Å². The first-order valence-corrected chi connectivity index (χ1v) is 9.93. The summed E-state index contributed by atoms with van der Waals surface area (Å²) in [6.45, 7) is 6.97. The Balaban J connectivity index is 1.48. The quantitative estimate of drug-likeness (QED) is 0.851. The average Bonchev–Trinajstić information content (AvgIpc) is 3.22. The Morgan fingerprint density at radius 1 is 1.26 bits per heavy atom. The third kappa shape index (κ3) is 3.57. The van der Waals surface area contributed by atoms with Crippen LogP contribution in [0.3, 0.4) is 0 Å². The molecule has 0 aromatic carbocycles. The van der Waals surface area contributed by atoms with Gasteiger partial charge in [-0.15, -0.1) is 21.5 Å². The molecule has 0 amide bonds. The molecule has 4 heterocycles. The van der Waals surface area contributed by atoms with Gasteiger partial charge in [-0.25, -0.2) is 0 Å². The molecule has 7 heteroatoms. The summed E-state index contributed by atoms with van der Waals surface area (Å²) in [6.07, 6.45) is 2.49. The maximum absolute atomic E-state index is 5.99. The van der Waals surface area contributed by atoms with Gasteiger partial charge in [-0.05, 0) is 30.8 Å². The highest BCUT2D eigenvalue weighted by Crippen LogP contribution is 2.35. The number of rotatable bonds is 3. The number of hydrogen-bond acceptors (Lipinski definition) is 7. The molecule has 0 unspecified atom stereocenters. The van der Waals surface area contributed by atoms with Crippen LogP contribution in [0, 0.1) is 5.41 Å². The molecule has 1 atom stereocenters. The maximum atomic E-state index is 5.99. The molecule has 2 aliphatic heterocycles. The zero-order valence-corrected chi connectivity index (χ0v) is 14.8. The number of anilines is 1. The summed E-state index contributed by atoms with van der Waals surface area (Å²) >= 11 is 3.48. The molecule has 4 rings (SSSR count). The van der Waals surface area contributed by atoms with Gasteiger partial charge < -0.3 is 9.64 Å². The van der Waals surface area contributed by atoms with Gasteiger partial charge in [0.05, 0.1) is 13.2 Å². The van der Waals surface area contributed by atoms with Gasteiger partial charge in [0.25, 0.3) is 0 Å². The van der Waals surface area contributed by atoms with Crippen molar-refractivity contribution in [1.29, 1.82) is 0 Å². The van der Waals surface area contributed by atoms with Gasteiger partial charge >= 0.3 is 0 Å². The van der Waals surface area contributed by atoms with Crippen molar-refractivity contribution >= 4 is 27.8 Å². The SMILES string of the molecule is c1csc(CN2CCC[C@@]3(COCCN(c4nncs4)C3)C2)c1. The number of ether oxygens (including phenoxy) is 1. The topological polar surface area (TPSA) is 41.5 Å². The maximum Gasteiger partial charge on any atom is 0.208 e. The van der Waals surface area contributed by atoms with E-state index in [-0.39, 0.29) is 5.41 Å². The Labute approximate surface area is 144 Å². The second-order valence-corrected chi connectivity index (χ2v) is 8.43. The molecule has 124 valence electrons. The lowest BCUT2D eigenvalue weighted by molar-refractivity contribution is 0.0110. The molecule has 2 saturated heterocycles. The normalized spacial score (nSPS) is 26.5. The van der Waals surface area contributed by atoms with Gasteiger partial charge in [-0.1, -0.05) is 17.4 Å². The predicted octanol–water partition coefficient (Wildman–Crippen LogP) is 2.72. The lowest BCUT2D eigenvalue weighted by atomic mass is 9.80. The van der Waals surface area contributed by atoms with E-state index in [1.165, 1.54) is 24.3 Å². The van der Waals surface area contributed by atoms with E-state index in [0.717, 1.165) is 44.5 Å². The van der Waals surface area contributed by atoms with E-state index in [2.05, 4.69) is 37.5 Å². The number of aromatic nitrogens is 2. The first-order chi connectivity index (χ1) is 11.3. The zero-order chi connectivity index (χ0) is 15.5. The number of piperidine rings is 1. The Morgan fingerprint density at radius 3 is 3.09 bits per heavy atom. The van der Waals surface area contributed by atoms with E-state index in [0.29, 0.717) is 0 Å². The summed E-state index contributed by atoms with van der Waals surface area (Å²) in [4.78, 5) is 6.43. The molecule has 1 spiro atoms. The molecule has 0 aliphatic carbocycles. The van der Waals surface area contributed by atoms with Crippen LogP contribution in [0.4, 0.5) is 5.13 Å². The molecule has 2 aromatic heterocycles. The highest BCUT2D eigenvalue weighted by Gasteiger charge is 2.39. The van der Waals surface area contributed by atoms with Crippen LogP contribution in [0.2, 0.25) is 0 Å². The minimum Gasteiger partial charge on any atom is -0.379 e. The van der Waals surface area contributed by atoms with E-state index in [9.17, 15) is 0 Å². The summed E-state index contributed by atoms with van der Waals surface area (Å²) in [6, 6.07) is 4.38. The van der Waals surface area contributed by atoms with Crippen molar-refractivity contribution in [2.45, 2.75) is 19.4 Å². The molecule has 23 heavy (non-hydrogen) atoms. The van der Waals surface area contributed by atoms with Crippen molar-refractivity contribution in [3.05, 3.63) is 27.9 Å². The van der Waals surface area contributed by atoms with E-state index in [1.807, 2.05) is 16.8 Å². The van der Waals surface area contributed by atoms with Crippen LogP contribution in [-0.4, -0.2) is 54.5 Å². The fourth-order valence-corrected chi connectivity index (χ4v) is 5.11. The molecule has 2 fully saturated rings. The van der Waals surface area contributed by atoms with Crippen LogP contribution >= 0.6 is 22.7 Å². The molecule has 0 bridgehead atoms. The third-order valence-corrected chi connectivity index (χ3v) is 6.37. The lowest BCUT2D eigenvalue weighted by Gasteiger charge is -2.43. The monoisotopic (exact) mass is 350 g/mol. The van der Waals surface area contributed by atoms with Crippen LogP contribution in [0.1, 0.15) is 17.7 Å². The van der Waals surface area contributed by atoms with E-state index in [1.54, 1.807) is 11.3 Å². The molecule has 2 aromatic rings.